The third kappa shape index (κ3) is 4.24. The molecule has 5 nitrogen and oxygen atoms in total. The summed E-state index contributed by atoms with van der Waals surface area (Å²) >= 11 is 0. The number of nitrogens with zero attached hydrogens (tertiary/aromatic N) is 1. The molecular formula is C18H26N2O3. The molecule has 3 rings (SSSR count). The minimum atomic E-state index is 0.0639. The fourth-order valence-electron chi connectivity index (χ4n) is 3.60. The number of anilines is 1. The highest BCUT2D eigenvalue weighted by Crippen LogP contribution is 2.28. The molecule has 1 N–H and O–H groups in total. The molecule has 1 aliphatic heterocycles. The zero-order valence-corrected chi connectivity index (χ0v) is 13.8. The predicted molar refractivity (Wildman–Crippen MR) is 89.8 cm³/mol. The van der Waals surface area contributed by atoms with Crippen LogP contribution in [-0.2, 0) is 9.53 Å². The van der Waals surface area contributed by atoms with Gasteiger partial charge in [0.05, 0.1) is 19.8 Å². The van der Waals surface area contributed by atoms with Crippen LogP contribution in [0.1, 0.15) is 32.1 Å². The number of ether oxygens (including phenoxy) is 2. The quantitative estimate of drug-likeness (QED) is 0.907. The average molecular weight is 318 g/mol. The predicted octanol–water partition coefficient (Wildman–Crippen LogP) is 2.67. The molecule has 1 aromatic rings. The first-order chi connectivity index (χ1) is 11.3. The van der Waals surface area contributed by atoms with Crippen molar-refractivity contribution >= 4 is 11.6 Å². The molecule has 0 bridgehead atoms. The Morgan fingerprint density at radius 3 is 2.87 bits per heavy atom. The molecule has 0 radical (unpaired) electrons. The Kier molecular flexibility index (Phi) is 5.51. The maximum Gasteiger partial charge on any atom is 0.225 e. The Hall–Kier alpha value is -1.59. The highest BCUT2D eigenvalue weighted by Gasteiger charge is 2.33. The van der Waals surface area contributed by atoms with Crippen molar-refractivity contribution in [2.75, 3.05) is 32.1 Å². The summed E-state index contributed by atoms with van der Waals surface area (Å²) in [7, 11) is 1.63. The molecule has 1 saturated heterocycles. The fourth-order valence-corrected chi connectivity index (χ4v) is 3.60. The summed E-state index contributed by atoms with van der Waals surface area (Å²) in [5.74, 6) is 0.855. The van der Waals surface area contributed by atoms with Gasteiger partial charge in [-0.25, -0.2) is 0 Å². The van der Waals surface area contributed by atoms with E-state index in [0.29, 0.717) is 18.6 Å². The SMILES string of the molecule is COc1ccc(NC(=O)CCN2CCO[C@@H]3CCCC[C@H]32)cc1. The van der Waals surface area contributed by atoms with Crippen LogP contribution in [0.2, 0.25) is 0 Å². The zero-order chi connectivity index (χ0) is 16.1. The summed E-state index contributed by atoms with van der Waals surface area (Å²) in [5, 5.41) is 2.95. The highest BCUT2D eigenvalue weighted by atomic mass is 16.5. The van der Waals surface area contributed by atoms with Gasteiger partial charge in [0.2, 0.25) is 5.91 Å². The van der Waals surface area contributed by atoms with Gasteiger partial charge < -0.3 is 14.8 Å². The van der Waals surface area contributed by atoms with Gasteiger partial charge in [-0.05, 0) is 37.1 Å². The smallest absolute Gasteiger partial charge is 0.225 e. The molecule has 5 heteroatoms. The second kappa shape index (κ2) is 7.79. The van der Waals surface area contributed by atoms with Crippen molar-refractivity contribution in [3.05, 3.63) is 24.3 Å². The Morgan fingerprint density at radius 2 is 2.09 bits per heavy atom. The number of benzene rings is 1. The number of carbonyl (C=O) groups excluding carboxylic acids is 1. The molecule has 2 aliphatic rings. The lowest BCUT2D eigenvalue weighted by atomic mass is 9.90. The standard InChI is InChI=1S/C18H26N2O3/c1-22-15-8-6-14(7-9-15)19-18(21)10-11-20-12-13-23-17-5-3-2-4-16(17)20/h6-9,16-17H,2-5,10-13H2,1H3,(H,19,21)/t16-,17-/m1/s1. The van der Waals surface area contributed by atoms with E-state index in [1.165, 1.54) is 25.7 Å². The van der Waals surface area contributed by atoms with E-state index in [9.17, 15) is 4.79 Å². The average Bonchev–Trinajstić information content (AvgIpc) is 2.60. The van der Waals surface area contributed by atoms with Crippen molar-refractivity contribution in [1.29, 1.82) is 0 Å². The first kappa shape index (κ1) is 16.3. The maximum atomic E-state index is 12.2. The van der Waals surface area contributed by atoms with Crippen LogP contribution >= 0.6 is 0 Å². The number of nitrogens with one attached hydrogen (secondary N) is 1. The van der Waals surface area contributed by atoms with Crippen LogP contribution in [-0.4, -0.2) is 49.8 Å². The monoisotopic (exact) mass is 318 g/mol. The van der Waals surface area contributed by atoms with Crippen molar-refractivity contribution in [1.82, 2.24) is 4.90 Å². The topological polar surface area (TPSA) is 50.8 Å². The van der Waals surface area contributed by atoms with Gasteiger partial charge in [0.15, 0.2) is 0 Å². The highest BCUT2D eigenvalue weighted by molar-refractivity contribution is 5.90. The lowest BCUT2D eigenvalue weighted by Gasteiger charge is -2.43. The molecule has 1 amide bonds. The molecule has 0 unspecified atom stereocenters. The summed E-state index contributed by atoms with van der Waals surface area (Å²) < 4.78 is 11.0. The van der Waals surface area contributed by atoms with E-state index in [4.69, 9.17) is 9.47 Å². The van der Waals surface area contributed by atoms with Gasteiger partial charge in [-0.3, -0.25) is 9.69 Å². The first-order valence-corrected chi connectivity index (χ1v) is 8.56. The Morgan fingerprint density at radius 1 is 1.30 bits per heavy atom. The van der Waals surface area contributed by atoms with E-state index < -0.39 is 0 Å². The molecule has 1 aliphatic carbocycles. The molecule has 2 fully saturated rings. The second-order valence-electron chi connectivity index (χ2n) is 6.32. The van der Waals surface area contributed by atoms with Crippen LogP contribution < -0.4 is 10.1 Å². The van der Waals surface area contributed by atoms with Gasteiger partial charge in [0, 0.05) is 31.2 Å². The summed E-state index contributed by atoms with van der Waals surface area (Å²) in [6.45, 7) is 2.55. The van der Waals surface area contributed by atoms with E-state index in [1.54, 1.807) is 7.11 Å². The lowest BCUT2D eigenvalue weighted by Crippen LogP contribution is -2.53. The van der Waals surface area contributed by atoms with Gasteiger partial charge >= 0.3 is 0 Å². The second-order valence-corrected chi connectivity index (χ2v) is 6.32. The normalized spacial score (nSPS) is 24.7. The summed E-state index contributed by atoms with van der Waals surface area (Å²) in [4.78, 5) is 14.6. The summed E-state index contributed by atoms with van der Waals surface area (Å²) in [6.07, 6.45) is 5.81. The van der Waals surface area contributed by atoms with Crippen molar-refractivity contribution < 1.29 is 14.3 Å². The van der Waals surface area contributed by atoms with E-state index >= 15 is 0 Å². The number of carbonyl (C=O) groups is 1. The molecule has 0 spiro atoms. The van der Waals surface area contributed by atoms with Gasteiger partial charge in [-0.2, -0.15) is 0 Å². The van der Waals surface area contributed by atoms with Crippen LogP contribution in [0.4, 0.5) is 5.69 Å². The zero-order valence-electron chi connectivity index (χ0n) is 13.8. The molecule has 1 saturated carbocycles. The van der Waals surface area contributed by atoms with Crippen LogP contribution in [0.15, 0.2) is 24.3 Å². The van der Waals surface area contributed by atoms with Crippen molar-refractivity contribution in [2.24, 2.45) is 0 Å². The van der Waals surface area contributed by atoms with E-state index in [1.807, 2.05) is 24.3 Å². The molecule has 2 atom stereocenters. The largest absolute Gasteiger partial charge is 0.497 e. The van der Waals surface area contributed by atoms with Crippen LogP contribution in [0, 0.1) is 0 Å². The lowest BCUT2D eigenvalue weighted by molar-refractivity contribution is -0.118. The number of rotatable bonds is 5. The number of fused-ring (bicyclic) bond motifs is 1. The number of amides is 1. The molecule has 1 aromatic carbocycles. The van der Waals surface area contributed by atoms with Gasteiger partial charge in [-0.15, -0.1) is 0 Å². The number of morpholine rings is 1. The molecule has 1 heterocycles. The van der Waals surface area contributed by atoms with Gasteiger partial charge in [-0.1, -0.05) is 12.8 Å². The minimum absolute atomic E-state index is 0.0639. The van der Waals surface area contributed by atoms with Gasteiger partial charge in [0.1, 0.15) is 5.75 Å². The molecule has 0 aromatic heterocycles. The van der Waals surface area contributed by atoms with Crippen LogP contribution in [0.25, 0.3) is 0 Å². The minimum Gasteiger partial charge on any atom is -0.497 e. The Balaban J connectivity index is 1.47. The van der Waals surface area contributed by atoms with Crippen molar-refractivity contribution in [3.8, 4) is 5.75 Å². The fraction of sp³-hybridized carbons (Fsp3) is 0.611. The van der Waals surface area contributed by atoms with Crippen LogP contribution in [0.3, 0.4) is 0 Å². The first-order valence-electron chi connectivity index (χ1n) is 8.56. The molecular weight excluding hydrogens is 292 g/mol. The number of hydrogen-bond donors (Lipinski definition) is 1. The van der Waals surface area contributed by atoms with Crippen molar-refractivity contribution in [2.45, 2.75) is 44.2 Å². The third-order valence-electron chi connectivity index (χ3n) is 4.85. The third-order valence-corrected chi connectivity index (χ3v) is 4.85. The van der Waals surface area contributed by atoms with E-state index in [2.05, 4.69) is 10.2 Å². The van der Waals surface area contributed by atoms with Crippen LogP contribution in [0.5, 0.6) is 5.75 Å². The number of hydrogen-bond acceptors (Lipinski definition) is 4. The summed E-state index contributed by atoms with van der Waals surface area (Å²) in [6, 6.07) is 7.94. The molecule has 126 valence electrons. The van der Waals surface area contributed by atoms with Gasteiger partial charge in [0.25, 0.3) is 0 Å². The molecule has 23 heavy (non-hydrogen) atoms. The maximum absolute atomic E-state index is 12.2. The van der Waals surface area contributed by atoms with E-state index in [0.717, 1.165) is 31.1 Å². The summed E-state index contributed by atoms with van der Waals surface area (Å²) in [5.41, 5.74) is 0.813. The van der Waals surface area contributed by atoms with Crippen molar-refractivity contribution in [3.63, 3.8) is 0 Å². The Labute approximate surface area is 137 Å². The number of methoxy groups -OCH3 is 1. The van der Waals surface area contributed by atoms with E-state index in [-0.39, 0.29) is 5.91 Å². The Bertz CT molecular complexity index is 516.